The molecule has 0 fully saturated rings. The number of hydrogen-bond acceptors (Lipinski definition) is 18. The third-order valence-corrected chi connectivity index (χ3v) is 15.5. The van der Waals surface area contributed by atoms with Gasteiger partial charge < -0.3 is 61.1 Å². The van der Waals surface area contributed by atoms with Gasteiger partial charge in [-0.15, -0.1) is 0 Å². The van der Waals surface area contributed by atoms with E-state index in [0.717, 1.165) is 38.5 Å². The van der Waals surface area contributed by atoms with Gasteiger partial charge in [0.2, 0.25) is 0 Å². The Kier molecular flexibility index (Phi) is 72.8. The van der Waals surface area contributed by atoms with Crippen LogP contribution >= 0.6 is 0 Å². The van der Waals surface area contributed by atoms with Crippen molar-refractivity contribution in [2.45, 2.75) is 386 Å². The number of rotatable bonds is 60. The summed E-state index contributed by atoms with van der Waals surface area (Å²) in [6.07, 6.45) is 55.4. The third kappa shape index (κ3) is 73.0. The molecule has 510 valence electrons. The maximum absolute atomic E-state index is 11.6. The number of ether oxygens (including phenoxy) is 3. The summed E-state index contributed by atoms with van der Waals surface area (Å²) in [7, 11) is 0. The van der Waals surface area contributed by atoms with E-state index in [1.54, 1.807) is 0 Å². The molecule has 0 saturated heterocycles. The predicted octanol–water partition coefficient (Wildman–Crippen LogP) is 12.1. The zero-order chi connectivity index (χ0) is 65.2. The van der Waals surface area contributed by atoms with Gasteiger partial charge in [-0.2, -0.15) is 0 Å². The summed E-state index contributed by atoms with van der Waals surface area (Å²) < 4.78 is 13.9. The second kappa shape index (κ2) is 70.7. The Morgan fingerprint density at radius 3 is 0.523 bits per heavy atom. The molecular formula is C69H126AlN3O15. The molecule has 0 amide bonds. The van der Waals surface area contributed by atoms with E-state index in [0.29, 0.717) is 19.3 Å². The van der Waals surface area contributed by atoms with Crippen molar-refractivity contribution in [3.63, 3.8) is 0 Å². The number of carbonyl (C=O) groups is 9. The van der Waals surface area contributed by atoms with Crippen molar-refractivity contribution in [2.75, 3.05) is 0 Å². The summed E-state index contributed by atoms with van der Waals surface area (Å²) >= 11 is 0. The molecule has 0 aliphatic heterocycles. The average molecular weight is 1260 g/mol. The van der Waals surface area contributed by atoms with Crippen LogP contribution in [0.15, 0.2) is 0 Å². The van der Waals surface area contributed by atoms with E-state index >= 15 is 0 Å². The number of nitrogens with two attached hydrogens (primary N) is 3. The molecule has 3 atom stereocenters. The first-order valence-electron chi connectivity index (χ1n) is 35.0. The van der Waals surface area contributed by atoms with Crippen LogP contribution in [-0.4, -0.2) is 89.2 Å². The van der Waals surface area contributed by atoms with E-state index in [9.17, 15) is 58.5 Å². The van der Waals surface area contributed by atoms with Crippen molar-refractivity contribution in [3.05, 3.63) is 0 Å². The number of carboxylic acids is 3. The molecule has 0 radical (unpaired) electrons. The van der Waals surface area contributed by atoms with Gasteiger partial charge in [0, 0.05) is 37.2 Å². The molecule has 88 heavy (non-hydrogen) atoms. The zero-order valence-electron chi connectivity index (χ0n) is 55.8. The molecule has 0 aliphatic rings. The summed E-state index contributed by atoms with van der Waals surface area (Å²) in [4.78, 5) is 100. The molecule has 0 aliphatic carbocycles. The summed E-state index contributed by atoms with van der Waals surface area (Å²) in [5.41, 5.74) is 16.4. The van der Waals surface area contributed by atoms with Gasteiger partial charge in [0.1, 0.15) is 18.1 Å². The number of hydrogen-bond donors (Lipinski definition) is 3. The molecule has 0 rings (SSSR count). The van der Waals surface area contributed by atoms with Crippen molar-refractivity contribution in [3.8, 4) is 0 Å². The molecule has 0 saturated carbocycles. The first-order chi connectivity index (χ1) is 41.9. The summed E-state index contributed by atoms with van der Waals surface area (Å²) in [5.74, 6) is -8.20. The van der Waals surface area contributed by atoms with Crippen LogP contribution in [0.5, 0.6) is 0 Å². The molecule has 6 N–H and O–H groups in total. The summed E-state index contributed by atoms with van der Waals surface area (Å²) in [5, 5.41) is 31.0. The van der Waals surface area contributed by atoms with Gasteiger partial charge in [-0.1, -0.05) is 290 Å². The Hall–Kier alpha value is -3.76. The molecular weight excluding hydrogens is 1140 g/mol. The number of unbranched alkanes of at least 4 members (excludes halogenated alkanes) is 42. The summed E-state index contributed by atoms with van der Waals surface area (Å²) in [6.45, 7) is 6.75. The fraction of sp³-hybridized carbons (Fsp3) is 0.870. The molecule has 18 nitrogen and oxygen atoms in total. The first kappa shape index (κ1) is 90.7. The molecule has 19 heteroatoms. The Bertz CT molecular complexity index is 1520. The van der Waals surface area contributed by atoms with Crippen molar-refractivity contribution >= 4 is 71.1 Å². The SMILES string of the molecule is CCCCCCCCCCCCCCCCCC(=O)OC(=O)C(N)CCC(=O)[O-].CCCCCCCCCCCCCCCCCC(=O)OC(=O)C(N)CCC(=O)[O-].CCCCCCCCCCCCCCCCCC(=O)OC(=O)C(N)CCC(=O)[O-].[Al+3]. The van der Waals surface area contributed by atoms with Gasteiger partial charge >= 0.3 is 53.2 Å². The smallest absolute Gasteiger partial charge is 0.550 e. The van der Waals surface area contributed by atoms with E-state index in [2.05, 4.69) is 35.0 Å². The zero-order valence-corrected chi connectivity index (χ0v) is 57.0. The quantitative estimate of drug-likeness (QED) is 0.0167. The van der Waals surface area contributed by atoms with Gasteiger partial charge in [-0.25, -0.2) is 14.4 Å². The molecule has 0 aromatic heterocycles. The molecule has 0 spiro atoms. The van der Waals surface area contributed by atoms with Crippen LogP contribution in [0.3, 0.4) is 0 Å². The summed E-state index contributed by atoms with van der Waals surface area (Å²) in [6, 6.07) is -3.30. The Morgan fingerprint density at radius 1 is 0.250 bits per heavy atom. The fourth-order valence-electron chi connectivity index (χ4n) is 9.81. The molecule has 0 bridgehead atoms. The van der Waals surface area contributed by atoms with Crippen molar-refractivity contribution < 1.29 is 72.7 Å². The largest absolute Gasteiger partial charge is 3.00 e. The molecule has 3 unspecified atom stereocenters. The number of aliphatic carboxylic acids is 3. The fourth-order valence-corrected chi connectivity index (χ4v) is 9.81. The minimum absolute atomic E-state index is 0. The average Bonchev–Trinajstić information content (AvgIpc) is 3.53. The second-order valence-electron chi connectivity index (χ2n) is 24.0. The predicted molar refractivity (Wildman–Crippen MR) is 344 cm³/mol. The van der Waals surface area contributed by atoms with E-state index in [1.807, 2.05) is 0 Å². The van der Waals surface area contributed by atoms with Gasteiger partial charge in [-0.3, -0.25) is 14.4 Å². The Morgan fingerprint density at radius 2 is 0.386 bits per heavy atom. The van der Waals surface area contributed by atoms with Crippen molar-refractivity contribution in [1.82, 2.24) is 0 Å². The van der Waals surface area contributed by atoms with Crippen molar-refractivity contribution in [2.24, 2.45) is 17.2 Å². The molecule has 0 aromatic carbocycles. The van der Waals surface area contributed by atoms with Crippen LogP contribution in [0, 0.1) is 0 Å². The number of carboxylic acid groups (broad SMARTS) is 3. The van der Waals surface area contributed by atoms with Gasteiger partial charge in [0.05, 0.1) is 0 Å². The van der Waals surface area contributed by atoms with Crippen LogP contribution in [0.1, 0.15) is 367 Å². The maximum atomic E-state index is 11.6. The van der Waals surface area contributed by atoms with Crippen molar-refractivity contribution in [1.29, 1.82) is 0 Å². The van der Waals surface area contributed by atoms with E-state index in [4.69, 9.17) is 17.2 Å². The molecule has 0 heterocycles. The topological polar surface area (TPSA) is 329 Å². The standard InChI is InChI=1S/3C23H43NO5.Al/c3*1-2-3-4-5-6-7-8-9-10-11-12-13-14-15-16-17-22(27)29-23(28)20(24)18-19-21(25)26;/h3*20H,2-19,24H2,1H3,(H,25,26);/q;;;+3/p-3. The van der Waals surface area contributed by atoms with Gasteiger partial charge in [-0.05, 0) is 57.8 Å². The van der Waals surface area contributed by atoms with Gasteiger partial charge in [0.25, 0.3) is 0 Å². The van der Waals surface area contributed by atoms with Crippen LogP contribution in [-0.2, 0) is 57.4 Å². The minimum atomic E-state index is -1.28. The van der Waals surface area contributed by atoms with E-state index in [-0.39, 0.29) is 75.1 Å². The van der Waals surface area contributed by atoms with Crippen LogP contribution in [0.4, 0.5) is 0 Å². The first-order valence-corrected chi connectivity index (χ1v) is 35.0. The normalized spacial score (nSPS) is 11.8. The third-order valence-electron chi connectivity index (χ3n) is 15.5. The second-order valence-corrected chi connectivity index (χ2v) is 24.0. The minimum Gasteiger partial charge on any atom is -0.550 e. The monoisotopic (exact) mass is 1260 g/mol. The number of esters is 6. The molecule has 0 aromatic rings. The van der Waals surface area contributed by atoms with Crippen LogP contribution in [0.2, 0.25) is 0 Å². The Balaban J connectivity index is -0.000000598. The van der Waals surface area contributed by atoms with E-state index < -0.39 is 71.8 Å². The number of carbonyl (C=O) groups excluding carboxylic acids is 9. The Labute approximate surface area is 544 Å². The van der Waals surface area contributed by atoms with E-state index in [1.165, 1.54) is 231 Å². The maximum Gasteiger partial charge on any atom is 3.00 e. The van der Waals surface area contributed by atoms with Gasteiger partial charge in [0.15, 0.2) is 0 Å². The van der Waals surface area contributed by atoms with Crippen LogP contribution < -0.4 is 32.5 Å². The van der Waals surface area contributed by atoms with Crippen LogP contribution in [0.25, 0.3) is 0 Å².